The second-order valence-corrected chi connectivity index (χ2v) is 7.51. The van der Waals surface area contributed by atoms with Gasteiger partial charge in [-0.25, -0.2) is 4.98 Å². The van der Waals surface area contributed by atoms with Crippen molar-refractivity contribution in [3.8, 4) is 0 Å². The Morgan fingerprint density at radius 2 is 2.04 bits per heavy atom. The van der Waals surface area contributed by atoms with E-state index in [1.54, 1.807) is 0 Å². The molecule has 0 amide bonds. The smallest absolute Gasteiger partial charge is 0.193 e. The number of thiophene rings is 1. The summed E-state index contributed by atoms with van der Waals surface area (Å²) in [4.78, 5) is 15.1. The Bertz CT molecular complexity index is 654. The number of aromatic nitrogens is 1. The van der Waals surface area contributed by atoms with Crippen molar-refractivity contribution in [2.24, 2.45) is 10.9 Å². The molecule has 1 atom stereocenters. The minimum Gasteiger partial charge on any atom is -0.356 e. The summed E-state index contributed by atoms with van der Waals surface area (Å²) in [7, 11) is 1.87. The zero-order chi connectivity index (χ0) is 17.5. The van der Waals surface area contributed by atoms with E-state index in [-0.39, 0.29) is 24.0 Å². The minimum absolute atomic E-state index is 0. The zero-order valence-electron chi connectivity index (χ0n) is 15.5. The van der Waals surface area contributed by atoms with Gasteiger partial charge in [0.2, 0.25) is 0 Å². The quantitative estimate of drug-likeness (QED) is 0.401. The molecule has 0 spiro atoms. The molecule has 1 aliphatic heterocycles. The molecule has 0 aliphatic carbocycles. The van der Waals surface area contributed by atoms with E-state index in [0.717, 1.165) is 50.9 Å². The Kier molecular flexibility index (Phi) is 8.64. The lowest BCUT2D eigenvalue weighted by molar-refractivity contribution is 0.368. The van der Waals surface area contributed by atoms with Gasteiger partial charge >= 0.3 is 0 Å². The summed E-state index contributed by atoms with van der Waals surface area (Å²) in [5, 5.41) is 5.70. The molecule has 0 radical (unpaired) electrons. The van der Waals surface area contributed by atoms with Crippen molar-refractivity contribution in [3.05, 3.63) is 46.8 Å². The summed E-state index contributed by atoms with van der Waals surface area (Å²) < 4.78 is 0. The van der Waals surface area contributed by atoms with Crippen LogP contribution >= 0.6 is 35.3 Å². The minimum atomic E-state index is 0. The van der Waals surface area contributed by atoms with E-state index in [1.807, 2.05) is 36.7 Å². The molecule has 0 bridgehead atoms. The maximum absolute atomic E-state index is 4.48. The third-order valence-corrected chi connectivity index (χ3v) is 5.40. The highest BCUT2D eigenvalue weighted by Gasteiger charge is 2.20. The summed E-state index contributed by atoms with van der Waals surface area (Å²) in [5.41, 5.74) is 0. The van der Waals surface area contributed by atoms with Crippen LogP contribution in [-0.4, -0.2) is 55.6 Å². The molecule has 26 heavy (non-hydrogen) atoms. The van der Waals surface area contributed by atoms with Crippen molar-refractivity contribution >= 4 is 47.1 Å². The number of aliphatic imine (C=N–C) groups is 1. The third-order valence-electron chi connectivity index (χ3n) is 4.50. The van der Waals surface area contributed by atoms with Crippen LogP contribution in [0, 0.1) is 5.92 Å². The summed E-state index contributed by atoms with van der Waals surface area (Å²) in [5.74, 6) is 2.67. The van der Waals surface area contributed by atoms with E-state index in [0.29, 0.717) is 5.92 Å². The van der Waals surface area contributed by atoms with Gasteiger partial charge in [0.25, 0.3) is 0 Å². The van der Waals surface area contributed by atoms with Crippen molar-refractivity contribution in [1.29, 1.82) is 0 Å². The molecule has 2 aromatic rings. The molecule has 0 aromatic carbocycles. The number of guanidine groups is 1. The third kappa shape index (κ3) is 5.84. The van der Waals surface area contributed by atoms with Gasteiger partial charge in [0.1, 0.15) is 5.82 Å². The van der Waals surface area contributed by atoms with Crippen LogP contribution < -0.4 is 10.2 Å². The van der Waals surface area contributed by atoms with E-state index in [2.05, 4.69) is 55.6 Å². The van der Waals surface area contributed by atoms with Crippen molar-refractivity contribution in [2.45, 2.75) is 13.3 Å². The van der Waals surface area contributed by atoms with Crippen LogP contribution in [0.25, 0.3) is 0 Å². The Balaban J connectivity index is 0.00000243. The molecule has 1 N–H and O–H groups in total. The van der Waals surface area contributed by atoms with E-state index in [1.165, 1.54) is 4.88 Å². The van der Waals surface area contributed by atoms with Crippen molar-refractivity contribution < 1.29 is 0 Å². The van der Waals surface area contributed by atoms with Gasteiger partial charge in [0.05, 0.1) is 0 Å². The fourth-order valence-electron chi connectivity index (χ4n) is 3.13. The Morgan fingerprint density at radius 3 is 2.65 bits per heavy atom. The average molecular weight is 485 g/mol. The SMILES string of the molecule is CN=C(NCC(C)Cc1cccs1)N1CCN(c2ccccn2)CC1.I. The first-order valence-electron chi connectivity index (χ1n) is 8.90. The zero-order valence-corrected chi connectivity index (χ0v) is 18.6. The molecule has 1 fully saturated rings. The van der Waals surface area contributed by atoms with Crippen molar-refractivity contribution in [2.75, 3.05) is 44.7 Å². The molecule has 3 rings (SSSR count). The summed E-state index contributed by atoms with van der Waals surface area (Å²) in [6.07, 6.45) is 2.98. The van der Waals surface area contributed by atoms with Crippen LogP contribution in [0.15, 0.2) is 46.9 Å². The number of nitrogens with zero attached hydrogens (tertiary/aromatic N) is 4. The Labute approximate surface area is 177 Å². The molecule has 5 nitrogen and oxygen atoms in total. The number of piperazine rings is 1. The molecular weight excluding hydrogens is 457 g/mol. The van der Waals surface area contributed by atoms with E-state index in [4.69, 9.17) is 0 Å². The van der Waals surface area contributed by atoms with Crippen LogP contribution in [0.2, 0.25) is 0 Å². The number of halogens is 1. The molecule has 1 aliphatic rings. The van der Waals surface area contributed by atoms with Gasteiger partial charge in [-0.3, -0.25) is 4.99 Å². The first-order chi connectivity index (χ1) is 12.3. The standard InChI is InChI=1S/C19H27N5S.HI/c1-16(14-17-6-5-13-25-17)15-22-19(20-2)24-11-9-23(10-12-24)18-7-3-4-8-21-18;/h3-8,13,16H,9-12,14-15H2,1-2H3,(H,20,22);1H. The molecule has 0 saturated carbocycles. The fraction of sp³-hybridized carbons (Fsp3) is 0.474. The molecule has 142 valence electrons. The Morgan fingerprint density at radius 1 is 1.23 bits per heavy atom. The van der Waals surface area contributed by atoms with Crippen molar-refractivity contribution in [1.82, 2.24) is 15.2 Å². The topological polar surface area (TPSA) is 43.8 Å². The van der Waals surface area contributed by atoms with Gasteiger partial charge in [0.15, 0.2) is 5.96 Å². The molecule has 7 heteroatoms. The van der Waals surface area contributed by atoms with Gasteiger partial charge < -0.3 is 15.1 Å². The molecule has 3 heterocycles. The van der Waals surface area contributed by atoms with Gasteiger partial charge in [-0.1, -0.05) is 19.1 Å². The summed E-state index contributed by atoms with van der Waals surface area (Å²) in [6, 6.07) is 10.4. The van der Waals surface area contributed by atoms with Gasteiger partial charge in [0, 0.05) is 50.8 Å². The average Bonchev–Trinajstić information content (AvgIpc) is 3.16. The van der Waals surface area contributed by atoms with E-state index >= 15 is 0 Å². The van der Waals surface area contributed by atoms with Gasteiger partial charge in [-0.15, -0.1) is 35.3 Å². The van der Waals surface area contributed by atoms with Gasteiger partial charge in [-0.2, -0.15) is 0 Å². The lowest BCUT2D eigenvalue weighted by Crippen LogP contribution is -2.53. The highest BCUT2D eigenvalue weighted by molar-refractivity contribution is 14.0. The highest BCUT2D eigenvalue weighted by atomic mass is 127. The van der Waals surface area contributed by atoms with Gasteiger partial charge in [-0.05, 0) is 35.9 Å². The normalized spacial score (nSPS) is 16.2. The maximum atomic E-state index is 4.48. The molecular formula is C19H28IN5S. The van der Waals surface area contributed by atoms with Crippen LogP contribution in [0.1, 0.15) is 11.8 Å². The first kappa shape index (κ1) is 21.0. The Hall–Kier alpha value is -1.35. The predicted octanol–water partition coefficient (Wildman–Crippen LogP) is 3.34. The van der Waals surface area contributed by atoms with Crippen LogP contribution in [0.4, 0.5) is 5.82 Å². The lowest BCUT2D eigenvalue weighted by Gasteiger charge is -2.37. The largest absolute Gasteiger partial charge is 0.356 e. The number of nitrogens with one attached hydrogen (secondary N) is 1. The summed E-state index contributed by atoms with van der Waals surface area (Å²) in [6.45, 7) is 7.13. The van der Waals surface area contributed by atoms with E-state index < -0.39 is 0 Å². The maximum Gasteiger partial charge on any atom is 0.193 e. The monoisotopic (exact) mass is 485 g/mol. The van der Waals surface area contributed by atoms with E-state index in [9.17, 15) is 0 Å². The van der Waals surface area contributed by atoms with Crippen molar-refractivity contribution in [3.63, 3.8) is 0 Å². The molecule has 2 aromatic heterocycles. The molecule has 1 saturated heterocycles. The van der Waals surface area contributed by atoms with Crippen LogP contribution in [-0.2, 0) is 6.42 Å². The number of rotatable bonds is 5. The fourth-order valence-corrected chi connectivity index (χ4v) is 4.00. The number of hydrogen-bond acceptors (Lipinski definition) is 4. The number of anilines is 1. The van der Waals surface area contributed by atoms with Crippen LogP contribution in [0.5, 0.6) is 0 Å². The predicted molar refractivity (Wildman–Crippen MR) is 122 cm³/mol. The molecule has 1 unspecified atom stereocenters. The van der Waals surface area contributed by atoms with Crippen LogP contribution in [0.3, 0.4) is 0 Å². The lowest BCUT2D eigenvalue weighted by atomic mass is 10.1. The number of pyridine rings is 1. The second-order valence-electron chi connectivity index (χ2n) is 6.48. The highest BCUT2D eigenvalue weighted by Crippen LogP contribution is 2.15. The number of hydrogen-bond donors (Lipinski definition) is 1. The second kappa shape index (κ2) is 10.7. The summed E-state index contributed by atoms with van der Waals surface area (Å²) >= 11 is 1.84. The first-order valence-corrected chi connectivity index (χ1v) is 9.78.